The van der Waals surface area contributed by atoms with Crippen LogP contribution in [-0.4, -0.2) is 32.7 Å². The molecule has 17 heavy (non-hydrogen) atoms. The van der Waals surface area contributed by atoms with Gasteiger partial charge in [-0.05, 0) is 37.7 Å². The van der Waals surface area contributed by atoms with E-state index in [1.54, 1.807) is 19.2 Å². The predicted octanol–water partition coefficient (Wildman–Crippen LogP) is 1.42. The van der Waals surface area contributed by atoms with Crippen molar-refractivity contribution in [3.8, 4) is 5.75 Å². The van der Waals surface area contributed by atoms with Crippen LogP contribution in [0.5, 0.6) is 5.75 Å². The number of carbonyl (C=O) groups excluding carboxylic acids is 1. The van der Waals surface area contributed by atoms with E-state index in [0.29, 0.717) is 17.9 Å². The summed E-state index contributed by atoms with van der Waals surface area (Å²) in [6.07, 6.45) is 0.934. The molecule has 0 aliphatic carbocycles. The second-order valence-corrected chi connectivity index (χ2v) is 3.69. The molecule has 1 aromatic rings. The highest BCUT2D eigenvalue weighted by atomic mass is 16.5. The summed E-state index contributed by atoms with van der Waals surface area (Å²) in [6, 6.07) is 7.15. The summed E-state index contributed by atoms with van der Waals surface area (Å²) in [7, 11) is 1.59. The number of benzene rings is 1. The van der Waals surface area contributed by atoms with Crippen molar-refractivity contribution in [3.05, 3.63) is 29.8 Å². The fourth-order valence-electron chi connectivity index (χ4n) is 1.46. The molecule has 0 unspecified atom stereocenters. The average Bonchev–Trinajstić information content (AvgIpc) is 2.38. The van der Waals surface area contributed by atoms with Crippen LogP contribution in [0.15, 0.2) is 24.3 Å². The van der Waals surface area contributed by atoms with Crippen LogP contribution >= 0.6 is 0 Å². The molecular formula is C13H20N2O2. The Balaban J connectivity index is 2.36. The molecule has 0 radical (unpaired) electrons. The number of hydrogen-bond acceptors (Lipinski definition) is 3. The van der Waals surface area contributed by atoms with E-state index < -0.39 is 0 Å². The SMILES string of the molecule is CCNCCCNC(=O)c1cccc(OC)c1. The van der Waals surface area contributed by atoms with E-state index in [0.717, 1.165) is 19.5 Å². The van der Waals surface area contributed by atoms with Crippen molar-refractivity contribution in [1.82, 2.24) is 10.6 Å². The van der Waals surface area contributed by atoms with E-state index in [2.05, 4.69) is 17.6 Å². The van der Waals surface area contributed by atoms with Gasteiger partial charge in [0.1, 0.15) is 5.75 Å². The maximum absolute atomic E-state index is 11.8. The van der Waals surface area contributed by atoms with Gasteiger partial charge in [0.2, 0.25) is 0 Å². The molecule has 0 aliphatic heterocycles. The highest BCUT2D eigenvalue weighted by molar-refractivity contribution is 5.94. The molecule has 4 heteroatoms. The molecule has 0 aromatic heterocycles. The van der Waals surface area contributed by atoms with Crippen molar-refractivity contribution in [2.75, 3.05) is 26.7 Å². The van der Waals surface area contributed by atoms with Crippen molar-refractivity contribution >= 4 is 5.91 Å². The maximum atomic E-state index is 11.8. The van der Waals surface area contributed by atoms with E-state index >= 15 is 0 Å². The van der Waals surface area contributed by atoms with E-state index in [-0.39, 0.29) is 5.91 Å². The summed E-state index contributed by atoms with van der Waals surface area (Å²) >= 11 is 0. The largest absolute Gasteiger partial charge is 0.497 e. The Hall–Kier alpha value is -1.55. The molecule has 0 aliphatic rings. The number of ether oxygens (including phenoxy) is 1. The Bertz CT molecular complexity index is 353. The molecule has 1 aromatic carbocycles. The van der Waals surface area contributed by atoms with Crippen molar-refractivity contribution in [1.29, 1.82) is 0 Å². The summed E-state index contributed by atoms with van der Waals surface area (Å²) in [5, 5.41) is 6.08. The highest BCUT2D eigenvalue weighted by Gasteiger charge is 2.05. The number of nitrogens with one attached hydrogen (secondary N) is 2. The third kappa shape index (κ3) is 4.87. The number of carbonyl (C=O) groups is 1. The van der Waals surface area contributed by atoms with Crippen molar-refractivity contribution in [2.45, 2.75) is 13.3 Å². The minimum Gasteiger partial charge on any atom is -0.497 e. The zero-order valence-electron chi connectivity index (χ0n) is 10.5. The van der Waals surface area contributed by atoms with Crippen LogP contribution < -0.4 is 15.4 Å². The van der Waals surface area contributed by atoms with Gasteiger partial charge >= 0.3 is 0 Å². The molecule has 0 fully saturated rings. The Kier molecular flexibility index (Phi) is 6.10. The fraction of sp³-hybridized carbons (Fsp3) is 0.462. The van der Waals surface area contributed by atoms with Crippen LogP contribution in [0, 0.1) is 0 Å². The van der Waals surface area contributed by atoms with Crippen LogP contribution in [0.4, 0.5) is 0 Å². The standard InChI is InChI=1S/C13H20N2O2/c1-3-14-8-5-9-15-13(16)11-6-4-7-12(10-11)17-2/h4,6-7,10,14H,3,5,8-9H2,1-2H3,(H,15,16). The van der Waals surface area contributed by atoms with Gasteiger partial charge in [0, 0.05) is 12.1 Å². The van der Waals surface area contributed by atoms with Crippen molar-refractivity contribution in [2.24, 2.45) is 0 Å². The summed E-state index contributed by atoms with van der Waals surface area (Å²) in [5.74, 6) is 0.644. The van der Waals surface area contributed by atoms with Gasteiger partial charge in [0.15, 0.2) is 0 Å². The Morgan fingerprint density at radius 3 is 2.88 bits per heavy atom. The summed E-state index contributed by atoms with van der Waals surface area (Å²) < 4.78 is 5.07. The molecule has 0 bridgehead atoms. The lowest BCUT2D eigenvalue weighted by Crippen LogP contribution is -2.27. The van der Waals surface area contributed by atoms with Crippen LogP contribution in [0.25, 0.3) is 0 Å². The summed E-state index contributed by atoms with van der Waals surface area (Å²) in [6.45, 7) is 4.64. The van der Waals surface area contributed by atoms with Gasteiger partial charge in [0.25, 0.3) is 5.91 Å². The first-order valence-electron chi connectivity index (χ1n) is 5.91. The molecule has 0 atom stereocenters. The number of rotatable bonds is 7. The van der Waals surface area contributed by atoms with Gasteiger partial charge in [-0.2, -0.15) is 0 Å². The smallest absolute Gasteiger partial charge is 0.251 e. The van der Waals surface area contributed by atoms with E-state index in [9.17, 15) is 4.79 Å². The van der Waals surface area contributed by atoms with Crippen LogP contribution in [-0.2, 0) is 0 Å². The van der Waals surface area contributed by atoms with Gasteiger partial charge in [0.05, 0.1) is 7.11 Å². The molecule has 0 spiro atoms. The zero-order chi connectivity index (χ0) is 12.5. The Morgan fingerprint density at radius 2 is 2.18 bits per heavy atom. The van der Waals surface area contributed by atoms with E-state index in [1.807, 2.05) is 12.1 Å². The van der Waals surface area contributed by atoms with Crippen molar-refractivity contribution in [3.63, 3.8) is 0 Å². The van der Waals surface area contributed by atoms with E-state index in [4.69, 9.17) is 4.74 Å². The minimum atomic E-state index is -0.0552. The topological polar surface area (TPSA) is 50.4 Å². The molecule has 0 saturated carbocycles. The third-order valence-electron chi connectivity index (χ3n) is 2.40. The lowest BCUT2D eigenvalue weighted by Gasteiger charge is -2.06. The lowest BCUT2D eigenvalue weighted by molar-refractivity contribution is 0.0953. The summed E-state index contributed by atoms with van der Waals surface area (Å²) in [4.78, 5) is 11.8. The molecule has 2 N–H and O–H groups in total. The first-order chi connectivity index (χ1) is 8.27. The van der Waals surface area contributed by atoms with Crippen LogP contribution in [0.1, 0.15) is 23.7 Å². The number of hydrogen-bond donors (Lipinski definition) is 2. The molecule has 4 nitrogen and oxygen atoms in total. The molecule has 0 heterocycles. The minimum absolute atomic E-state index is 0.0552. The predicted molar refractivity (Wildman–Crippen MR) is 68.5 cm³/mol. The Morgan fingerprint density at radius 1 is 1.35 bits per heavy atom. The fourth-order valence-corrected chi connectivity index (χ4v) is 1.46. The maximum Gasteiger partial charge on any atom is 0.251 e. The lowest BCUT2D eigenvalue weighted by atomic mass is 10.2. The normalized spacial score (nSPS) is 10.0. The number of methoxy groups -OCH3 is 1. The van der Waals surface area contributed by atoms with Gasteiger partial charge in [-0.25, -0.2) is 0 Å². The first kappa shape index (κ1) is 13.5. The highest BCUT2D eigenvalue weighted by Crippen LogP contribution is 2.12. The molecule has 1 rings (SSSR count). The quantitative estimate of drug-likeness (QED) is 0.704. The third-order valence-corrected chi connectivity index (χ3v) is 2.40. The van der Waals surface area contributed by atoms with Crippen molar-refractivity contribution < 1.29 is 9.53 Å². The zero-order valence-corrected chi connectivity index (χ0v) is 10.5. The van der Waals surface area contributed by atoms with Gasteiger partial charge in [-0.3, -0.25) is 4.79 Å². The van der Waals surface area contributed by atoms with Gasteiger partial charge < -0.3 is 15.4 Å². The summed E-state index contributed by atoms with van der Waals surface area (Å²) in [5.41, 5.74) is 0.632. The van der Waals surface area contributed by atoms with Crippen LogP contribution in [0.2, 0.25) is 0 Å². The van der Waals surface area contributed by atoms with Gasteiger partial charge in [-0.1, -0.05) is 13.0 Å². The molecule has 0 saturated heterocycles. The monoisotopic (exact) mass is 236 g/mol. The molecule has 94 valence electrons. The molecule has 1 amide bonds. The van der Waals surface area contributed by atoms with E-state index in [1.165, 1.54) is 0 Å². The van der Waals surface area contributed by atoms with Gasteiger partial charge in [-0.15, -0.1) is 0 Å². The van der Waals surface area contributed by atoms with Crippen LogP contribution in [0.3, 0.4) is 0 Å². The second-order valence-electron chi connectivity index (χ2n) is 3.69. The molecular weight excluding hydrogens is 216 g/mol. The second kappa shape index (κ2) is 7.68. The first-order valence-corrected chi connectivity index (χ1v) is 5.91. The number of amides is 1. The Labute approximate surface area is 102 Å². The average molecular weight is 236 g/mol.